The molecule has 0 atom stereocenters. The van der Waals surface area contributed by atoms with Crippen LogP contribution in [0.25, 0.3) is 0 Å². The highest BCUT2D eigenvalue weighted by Gasteiger charge is 2.30. The lowest BCUT2D eigenvalue weighted by Crippen LogP contribution is -2.45. The molecule has 0 aliphatic carbocycles. The summed E-state index contributed by atoms with van der Waals surface area (Å²) in [5.74, 6) is 0.236. The number of nitrogens with zero attached hydrogens (tertiary/aromatic N) is 2. The Kier molecular flexibility index (Phi) is 4.29. The number of fused-ring (bicyclic) bond motifs is 1. The molecule has 0 radical (unpaired) electrons. The van der Waals surface area contributed by atoms with Gasteiger partial charge in [0.15, 0.2) is 0 Å². The molecule has 1 aliphatic heterocycles. The molecular weight excluding hydrogens is 278 g/mol. The van der Waals surface area contributed by atoms with Gasteiger partial charge in [-0.05, 0) is 12.0 Å². The summed E-state index contributed by atoms with van der Waals surface area (Å²) in [4.78, 5) is 0. The lowest BCUT2D eigenvalue weighted by Gasteiger charge is -2.30. The first-order chi connectivity index (χ1) is 9.45. The molecule has 1 aromatic rings. The zero-order chi connectivity index (χ0) is 14.8. The molecule has 2 N–H and O–H groups in total. The van der Waals surface area contributed by atoms with Gasteiger partial charge in [0, 0.05) is 25.1 Å². The maximum Gasteiger partial charge on any atom is 0.301 e. The fourth-order valence-corrected chi connectivity index (χ4v) is 3.55. The van der Waals surface area contributed by atoms with E-state index < -0.39 is 10.2 Å². The van der Waals surface area contributed by atoms with Crippen LogP contribution in [0.2, 0.25) is 0 Å². The first-order valence-electron chi connectivity index (χ1n) is 6.53. The number of anilines is 1. The van der Waals surface area contributed by atoms with E-state index in [-0.39, 0.29) is 12.5 Å². The first-order valence-corrected chi connectivity index (χ1v) is 7.97. The summed E-state index contributed by atoms with van der Waals surface area (Å²) in [7, 11) is -3.58. The molecular formula is C13H19N3O3S. The number of nitrogens with one attached hydrogen (secondary N) is 1. The maximum absolute atomic E-state index is 12.4. The number of para-hydroxylation sites is 1. The van der Waals surface area contributed by atoms with E-state index in [2.05, 4.69) is 9.88 Å². The molecule has 0 fully saturated rings. The van der Waals surface area contributed by atoms with E-state index in [1.807, 2.05) is 13.8 Å². The van der Waals surface area contributed by atoms with Crippen molar-refractivity contribution in [3.8, 4) is 0 Å². The normalized spacial score (nSPS) is 17.6. The van der Waals surface area contributed by atoms with Crippen molar-refractivity contribution >= 4 is 21.6 Å². The number of hydrogen-bond donors (Lipinski definition) is 2. The van der Waals surface area contributed by atoms with Gasteiger partial charge < -0.3 is 5.21 Å². The van der Waals surface area contributed by atoms with E-state index >= 15 is 0 Å². The third kappa shape index (κ3) is 2.94. The van der Waals surface area contributed by atoms with Crippen LogP contribution in [0, 0.1) is 5.92 Å². The molecule has 6 nitrogen and oxygen atoms in total. The highest BCUT2D eigenvalue weighted by Crippen LogP contribution is 2.28. The average molecular weight is 297 g/mol. The minimum atomic E-state index is -3.58. The van der Waals surface area contributed by atoms with Crippen molar-refractivity contribution in [1.29, 1.82) is 0 Å². The van der Waals surface area contributed by atoms with Gasteiger partial charge in [0.2, 0.25) is 0 Å². The summed E-state index contributed by atoms with van der Waals surface area (Å²) in [5.41, 5.74) is 1.70. The molecule has 0 saturated heterocycles. The topological polar surface area (TPSA) is 82.0 Å². The summed E-state index contributed by atoms with van der Waals surface area (Å²) < 4.78 is 28.7. The second kappa shape index (κ2) is 5.80. The van der Waals surface area contributed by atoms with Crippen LogP contribution in [0.1, 0.15) is 25.8 Å². The molecule has 1 aliphatic rings. The minimum absolute atomic E-state index is 0.236. The Balaban J connectivity index is 2.35. The molecule has 0 spiro atoms. The van der Waals surface area contributed by atoms with Gasteiger partial charge in [-0.3, -0.25) is 4.31 Å². The highest BCUT2D eigenvalue weighted by atomic mass is 32.2. The second-order valence-electron chi connectivity index (χ2n) is 5.13. The summed E-state index contributed by atoms with van der Waals surface area (Å²) in [5, 5.41) is 12.3. The molecule has 0 aromatic heterocycles. The van der Waals surface area contributed by atoms with Gasteiger partial charge in [0.1, 0.15) is 0 Å². The fourth-order valence-electron chi connectivity index (χ4n) is 2.10. The van der Waals surface area contributed by atoms with E-state index in [1.54, 1.807) is 24.3 Å². The fraction of sp³-hybridized carbons (Fsp3) is 0.462. The largest absolute Gasteiger partial charge is 0.411 e. The number of hydrogen-bond acceptors (Lipinski definition) is 4. The predicted molar refractivity (Wildman–Crippen MR) is 78.5 cm³/mol. The van der Waals surface area contributed by atoms with E-state index in [1.165, 1.54) is 4.31 Å². The zero-order valence-electron chi connectivity index (χ0n) is 11.6. The van der Waals surface area contributed by atoms with Gasteiger partial charge in [-0.1, -0.05) is 37.2 Å². The van der Waals surface area contributed by atoms with Gasteiger partial charge in [0.25, 0.3) is 0 Å². The van der Waals surface area contributed by atoms with Crippen molar-refractivity contribution in [2.75, 3.05) is 17.4 Å². The smallest absolute Gasteiger partial charge is 0.301 e. The molecule has 7 heteroatoms. The van der Waals surface area contributed by atoms with Gasteiger partial charge in [-0.2, -0.15) is 13.1 Å². The predicted octanol–water partition coefficient (Wildman–Crippen LogP) is 1.57. The monoisotopic (exact) mass is 297 g/mol. The van der Waals surface area contributed by atoms with Crippen LogP contribution >= 0.6 is 0 Å². The van der Waals surface area contributed by atoms with Gasteiger partial charge in [0.05, 0.1) is 11.4 Å². The Labute approximate surface area is 119 Å². The van der Waals surface area contributed by atoms with Crippen LogP contribution < -0.4 is 9.03 Å². The zero-order valence-corrected chi connectivity index (χ0v) is 12.4. The summed E-state index contributed by atoms with van der Waals surface area (Å²) >= 11 is 0. The maximum atomic E-state index is 12.4. The number of oxime groups is 1. The lowest BCUT2D eigenvalue weighted by atomic mass is 10.0. The number of benzene rings is 1. The van der Waals surface area contributed by atoms with Crippen LogP contribution in [-0.2, 0) is 10.2 Å². The van der Waals surface area contributed by atoms with Crippen LogP contribution in [0.4, 0.5) is 5.69 Å². The quantitative estimate of drug-likeness (QED) is 0.653. The number of rotatable bonds is 4. The Morgan fingerprint density at radius 3 is 2.75 bits per heavy atom. The summed E-state index contributed by atoms with van der Waals surface area (Å²) in [6.45, 7) is 4.55. The molecule has 0 saturated carbocycles. The van der Waals surface area contributed by atoms with Crippen molar-refractivity contribution in [3.63, 3.8) is 0 Å². The molecule has 1 aromatic carbocycles. The van der Waals surface area contributed by atoms with Crippen molar-refractivity contribution in [2.45, 2.75) is 20.3 Å². The van der Waals surface area contributed by atoms with Crippen LogP contribution in [0.5, 0.6) is 0 Å². The van der Waals surface area contributed by atoms with Crippen LogP contribution in [0.3, 0.4) is 0 Å². The lowest BCUT2D eigenvalue weighted by molar-refractivity contribution is 0.318. The Morgan fingerprint density at radius 1 is 1.40 bits per heavy atom. The standard InChI is InChI=1S/C13H19N3O3S/c1-10(2)9-14-20(18,19)16-8-7-12(15-17)11-5-3-4-6-13(11)16/h3-6,10,14,17H,7-9H2,1-2H3/b15-12-. The van der Waals surface area contributed by atoms with Crippen molar-refractivity contribution in [2.24, 2.45) is 11.1 Å². The third-order valence-electron chi connectivity index (χ3n) is 3.12. The van der Waals surface area contributed by atoms with Crippen LogP contribution in [-0.4, -0.2) is 32.4 Å². The van der Waals surface area contributed by atoms with Gasteiger partial charge in [-0.25, -0.2) is 0 Å². The van der Waals surface area contributed by atoms with E-state index in [0.29, 0.717) is 29.9 Å². The Bertz CT molecular complexity index is 611. The molecule has 2 rings (SSSR count). The van der Waals surface area contributed by atoms with E-state index in [0.717, 1.165) is 0 Å². The highest BCUT2D eigenvalue weighted by molar-refractivity contribution is 7.90. The molecule has 20 heavy (non-hydrogen) atoms. The van der Waals surface area contributed by atoms with Gasteiger partial charge in [-0.15, -0.1) is 0 Å². The minimum Gasteiger partial charge on any atom is -0.411 e. The summed E-state index contributed by atoms with van der Waals surface area (Å²) in [6, 6.07) is 7.04. The molecule has 0 amide bonds. The molecule has 0 unspecified atom stereocenters. The van der Waals surface area contributed by atoms with Crippen LogP contribution in [0.15, 0.2) is 29.4 Å². The van der Waals surface area contributed by atoms with Crippen molar-refractivity contribution in [3.05, 3.63) is 29.8 Å². The average Bonchev–Trinajstić information content (AvgIpc) is 2.44. The van der Waals surface area contributed by atoms with E-state index in [4.69, 9.17) is 5.21 Å². The third-order valence-corrected chi connectivity index (χ3v) is 4.61. The summed E-state index contributed by atoms with van der Waals surface area (Å²) in [6.07, 6.45) is 0.385. The van der Waals surface area contributed by atoms with E-state index in [9.17, 15) is 8.42 Å². The molecule has 1 heterocycles. The Morgan fingerprint density at radius 2 is 2.10 bits per heavy atom. The SMILES string of the molecule is CC(C)CNS(=O)(=O)N1CC/C(=N/O)c2ccccc21. The second-order valence-corrected chi connectivity index (χ2v) is 6.81. The first kappa shape index (κ1) is 14.8. The van der Waals surface area contributed by atoms with Crippen molar-refractivity contribution < 1.29 is 13.6 Å². The van der Waals surface area contributed by atoms with Gasteiger partial charge >= 0.3 is 10.2 Å². The van der Waals surface area contributed by atoms with Crippen molar-refractivity contribution in [1.82, 2.24) is 4.72 Å². The molecule has 0 bridgehead atoms. The Hall–Kier alpha value is -1.60. The molecule has 110 valence electrons.